The molecule has 5 heteroatoms. The van der Waals surface area contributed by atoms with E-state index in [-0.39, 0.29) is 11.5 Å². The van der Waals surface area contributed by atoms with Crippen molar-refractivity contribution in [2.24, 2.45) is 0 Å². The number of carboxylic acids is 1. The highest BCUT2D eigenvalue weighted by atomic mass is 79.9. The predicted molar refractivity (Wildman–Crippen MR) is 118 cm³/mol. The zero-order valence-corrected chi connectivity index (χ0v) is 17.1. The Bertz CT molecular complexity index is 1120. The van der Waals surface area contributed by atoms with Crippen LogP contribution in [0, 0.1) is 0 Å². The van der Waals surface area contributed by atoms with E-state index in [2.05, 4.69) is 21.2 Å². The first kappa shape index (κ1) is 19.2. The van der Waals surface area contributed by atoms with Crippen molar-refractivity contribution >= 4 is 39.1 Å². The Morgan fingerprint density at radius 3 is 2.21 bits per heavy atom. The number of carboxylic acid groups (broad SMARTS) is 1. The van der Waals surface area contributed by atoms with E-state index in [0.717, 1.165) is 21.2 Å². The number of hydrogen-bond donors (Lipinski definition) is 2. The minimum atomic E-state index is -1.09. The Morgan fingerprint density at radius 2 is 1.52 bits per heavy atom. The lowest BCUT2D eigenvalue weighted by molar-refractivity contribution is -0.130. The Labute approximate surface area is 177 Å². The highest BCUT2D eigenvalue weighted by molar-refractivity contribution is 9.10. The highest BCUT2D eigenvalue weighted by Gasteiger charge is 2.29. The number of nitrogens with one attached hydrogen (secondary N) is 1. The molecule has 4 rings (SSSR count). The molecule has 0 spiro atoms. The van der Waals surface area contributed by atoms with Gasteiger partial charge < -0.3 is 10.4 Å². The summed E-state index contributed by atoms with van der Waals surface area (Å²) >= 11 is 3.36. The Morgan fingerprint density at radius 1 is 0.828 bits per heavy atom. The summed E-state index contributed by atoms with van der Waals surface area (Å²) in [5.74, 6) is -1.46. The molecular weight excluding hydrogens is 430 g/mol. The average molecular weight is 448 g/mol. The SMILES string of the molecule is O=C(O)C1=C(C(=O)Nc2ccc(Br)cc2)CCc2c1cccc2-c1ccccc1. The van der Waals surface area contributed by atoms with Crippen LogP contribution in [0.3, 0.4) is 0 Å². The van der Waals surface area contributed by atoms with Gasteiger partial charge in [0.15, 0.2) is 0 Å². The molecule has 1 aliphatic rings. The first-order valence-corrected chi connectivity index (χ1v) is 10.0. The van der Waals surface area contributed by atoms with Gasteiger partial charge in [-0.25, -0.2) is 4.79 Å². The number of aliphatic carboxylic acids is 1. The number of fused-ring (bicyclic) bond motifs is 1. The molecule has 0 radical (unpaired) electrons. The monoisotopic (exact) mass is 447 g/mol. The molecule has 0 fully saturated rings. The van der Waals surface area contributed by atoms with E-state index in [1.54, 1.807) is 18.2 Å². The van der Waals surface area contributed by atoms with E-state index in [0.29, 0.717) is 29.7 Å². The molecule has 0 saturated heterocycles. The maximum atomic E-state index is 12.9. The molecule has 1 aliphatic carbocycles. The van der Waals surface area contributed by atoms with Crippen LogP contribution in [0.25, 0.3) is 16.7 Å². The molecule has 3 aromatic rings. The standard InChI is InChI=1S/C24H18BrNO3/c25-16-9-11-17(12-10-16)26-23(27)21-14-13-19-18(15-5-2-1-3-6-15)7-4-8-20(19)22(21)24(28)29/h1-12H,13-14H2,(H,26,27)(H,28,29). The lowest BCUT2D eigenvalue weighted by Crippen LogP contribution is -2.22. The summed E-state index contributed by atoms with van der Waals surface area (Å²) in [6, 6.07) is 22.7. The summed E-state index contributed by atoms with van der Waals surface area (Å²) < 4.78 is 0.904. The molecule has 0 bridgehead atoms. The van der Waals surface area contributed by atoms with Gasteiger partial charge in [0.1, 0.15) is 0 Å². The number of hydrogen-bond acceptors (Lipinski definition) is 2. The topological polar surface area (TPSA) is 66.4 Å². The third-order valence-electron chi connectivity index (χ3n) is 5.05. The second-order valence-corrected chi connectivity index (χ2v) is 7.73. The summed E-state index contributed by atoms with van der Waals surface area (Å²) in [7, 11) is 0. The molecule has 0 heterocycles. The summed E-state index contributed by atoms with van der Waals surface area (Å²) in [6.45, 7) is 0. The third kappa shape index (κ3) is 3.87. The fourth-order valence-corrected chi connectivity index (χ4v) is 3.99. The van der Waals surface area contributed by atoms with Crippen molar-refractivity contribution in [1.29, 1.82) is 0 Å². The summed E-state index contributed by atoms with van der Waals surface area (Å²) in [5, 5.41) is 12.7. The van der Waals surface area contributed by atoms with Crippen molar-refractivity contribution in [3.8, 4) is 11.1 Å². The fraction of sp³-hybridized carbons (Fsp3) is 0.0833. The van der Waals surface area contributed by atoms with E-state index in [4.69, 9.17) is 0 Å². The van der Waals surface area contributed by atoms with Crippen LogP contribution < -0.4 is 5.32 Å². The van der Waals surface area contributed by atoms with Gasteiger partial charge in [0.25, 0.3) is 5.91 Å². The number of rotatable bonds is 4. The molecule has 4 nitrogen and oxygen atoms in total. The van der Waals surface area contributed by atoms with Crippen LogP contribution in [-0.2, 0) is 16.0 Å². The minimum Gasteiger partial charge on any atom is -0.478 e. The molecule has 0 aliphatic heterocycles. The second kappa shape index (κ2) is 8.05. The van der Waals surface area contributed by atoms with E-state index in [1.165, 1.54) is 0 Å². The smallest absolute Gasteiger partial charge is 0.336 e. The van der Waals surface area contributed by atoms with Gasteiger partial charge in [0.05, 0.1) is 5.57 Å². The van der Waals surface area contributed by atoms with Crippen LogP contribution in [0.4, 0.5) is 5.69 Å². The molecular formula is C24H18BrNO3. The molecule has 3 aromatic carbocycles. The molecule has 0 aromatic heterocycles. The second-order valence-electron chi connectivity index (χ2n) is 6.82. The van der Waals surface area contributed by atoms with E-state index in [9.17, 15) is 14.7 Å². The molecule has 29 heavy (non-hydrogen) atoms. The summed E-state index contributed by atoms with van der Waals surface area (Å²) in [4.78, 5) is 25.0. The fourth-order valence-electron chi connectivity index (χ4n) is 3.73. The molecule has 2 N–H and O–H groups in total. The summed E-state index contributed by atoms with van der Waals surface area (Å²) in [6.07, 6.45) is 0.987. The van der Waals surface area contributed by atoms with Crippen molar-refractivity contribution in [3.63, 3.8) is 0 Å². The van der Waals surface area contributed by atoms with E-state index in [1.807, 2.05) is 54.6 Å². The van der Waals surface area contributed by atoms with Crippen LogP contribution in [0.1, 0.15) is 17.5 Å². The quantitative estimate of drug-likeness (QED) is 0.551. The average Bonchev–Trinajstić information content (AvgIpc) is 2.74. The predicted octanol–water partition coefficient (Wildman–Crippen LogP) is 5.54. The van der Waals surface area contributed by atoms with Crippen molar-refractivity contribution in [2.75, 3.05) is 5.32 Å². The zero-order valence-electron chi connectivity index (χ0n) is 15.5. The van der Waals surface area contributed by atoms with Crippen LogP contribution >= 0.6 is 15.9 Å². The van der Waals surface area contributed by atoms with Crippen molar-refractivity contribution in [3.05, 3.63) is 94.0 Å². The molecule has 0 atom stereocenters. The summed E-state index contributed by atoms with van der Waals surface area (Å²) in [5.41, 5.74) is 4.64. The Hall–Kier alpha value is -3.18. The van der Waals surface area contributed by atoms with Gasteiger partial charge in [-0.05, 0) is 59.4 Å². The van der Waals surface area contributed by atoms with Gasteiger partial charge in [-0.2, -0.15) is 0 Å². The van der Waals surface area contributed by atoms with Crippen molar-refractivity contribution in [1.82, 2.24) is 0 Å². The number of carbonyl (C=O) groups is 2. The lowest BCUT2D eigenvalue weighted by Gasteiger charge is -2.23. The minimum absolute atomic E-state index is 0.0821. The first-order valence-electron chi connectivity index (χ1n) is 9.25. The van der Waals surface area contributed by atoms with E-state index >= 15 is 0 Å². The van der Waals surface area contributed by atoms with Crippen LogP contribution in [0.2, 0.25) is 0 Å². The molecule has 1 amide bonds. The number of carbonyl (C=O) groups excluding carboxylic acids is 1. The first-order chi connectivity index (χ1) is 14.0. The highest BCUT2D eigenvalue weighted by Crippen LogP contribution is 2.37. The van der Waals surface area contributed by atoms with Gasteiger partial charge in [-0.1, -0.05) is 64.5 Å². The van der Waals surface area contributed by atoms with Crippen LogP contribution in [0.15, 0.2) is 82.8 Å². The number of halogens is 1. The van der Waals surface area contributed by atoms with Crippen molar-refractivity contribution in [2.45, 2.75) is 12.8 Å². The normalized spacial score (nSPS) is 13.0. The lowest BCUT2D eigenvalue weighted by atomic mass is 9.81. The molecule has 0 saturated carbocycles. The van der Waals surface area contributed by atoms with Gasteiger partial charge in [0, 0.05) is 15.7 Å². The van der Waals surface area contributed by atoms with Gasteiger partial charge in [-0.15, -0.1) is 0 Å². The van der Waals surface area contributed by atoms with Gasteiger partial charge >= 0.3 is 5.97 Å². The van der Waals surface area contributed by atoms with Crippen LogP contribution in [0.5, 0.6) is 0 Å². The number of anilines is 1. The molecule has 0 unspecified atom stereocenters. The van der Waals surface area contributed by atoms with Crippen LogP contribution in [-0.4, -0.2) is 17.0 Å². The maximum absolute atomic E-state index is 12.9. The van der Waals surface area contributed by atoms with Gasteiger partial charge in [0.2, 0.25) is 0 Å². The van der Waals surface area contributed by atoms with E-state index < -0.39 is 5.97 Å². The largest absolute Gasteiger partial charge is 0.478 e. The Balaban J connectivity index is 1.77. The number of amides is 1. The maximum Gasteiger partial charge on any atom is 0.336 e. The van der Waals surface area contributed by atoms with Crippen molar-refractivity contribution < 1.29 is 14.7 Å². The number of benzene rings is 3. The third-order valence-corrected chi connectivity index (χ3v) is 5.58. The zero-order chi connectivity index (χ0) is 20.4. The Kier molecular flexibility index (Phi) is 5.32. The van der Waals surface area contributed by atoms with Gasteiger partial charge in [-0.3, -0.25) is 4.79 Å². The molecule has 144 valence electrons.